The summed E-state index contributed by atoms with van der Waals surface area (Å²) in [6.45, 7) is 5.74. The minimum atomic E-state index is -4.56. The quantitative estimate of drug-likeness (QED) is 0.550. The van der Waals surface area contributed by atoms with Crippen LogP contribution in [0.2, 0.25) is 0 Å². The molecule has 1 N–H and O–H groups in total. The summed E-state index contributed by atoms with van der Waals surface area (Å²) in [7, 11) is 0. The molecule has 1 aliphatic heterocycles. The molecule has 1 aliphatic rings. The summed E-state index contributed by atoms with van der Waals surface area (Å²) in [5.74, 6) is 0.191. The van der Waals surface area contributed by atoms with E-state index in [1.165, 1.54) is 18.2 Å². The van der Waals surface area contributed by atoms with Crippen molar-refractivity contribution < 1.29 is 31.9 Å². The van der Waals surface area contributed by atoms with Gasteiger partial charge < -0.3 is 19.4 Å². The first-order valence-corrected chi connectivity index (χ1v) is 11.3. The van der Waals surface area contributed by atoms with Crippen LogP contribution in [0, 0.1) is 6.92 Å². The van der Waals surface area contributed by atoms with E-state index in [1.54, 1.807) is 21.9 Å². The average molecular weight is 489 g/mol. The van der Waals surface area contributed by atoms with Crippen LogP contribution in [0.25, 0.3) is 11.0 Å². The number of hydrogen-bond acceptors (Lipinski definition) is 5. The Balaban J connectivity index is 1.36. The maximum atomic E-state index is 13.2. The molecule has 1 aromatic heterocycles. The number of hydrogen-bond donors (Lipinski definition) is 1. The summed E-state index contributed by atoms with van der Waals surface area (Å²) >= 11 is 0. The largest absolute Gasteiger partial charge is 0.494 e. The van der Waals surface area contributed by atoms with E-state index < -0.39 is 17.6 Å². The highest BCUT2D eigenvalue weighted by Gasteiger charge is 2.34. The van der Waals surface area contributed by atoms with Crippen LogP contribution in [-0.2, 0) is 11.0 Å². The highest BCUT2D eigenvalue weighted by atomic mass is 19.4. The lowest BCUT2D eigenvalue weighted by Crippen LogP contribution is -2.50. The zero-order chi connectivity index (χ0) is 25.2. The number of piperazine rings is 1. The Morgan fingerprint density at radius 3 is 2.49 bits per heavy atom. The van der Waals surface area contributed by atoms with Crippen molar-refractivity contribution in [2.45, 2.75) is 20.0 Å². The van der Waals surface area contributed by atoms with Crippen LogP contribution in [-0.4, -0.2) is 60.9 Å². The number of carbonyl (C=O) groups is 2. The number of ether oxygens (including phenoxy) is 1. The van der Waals surface area contributed by atoms with Gasteiger partial charge in [0.25, 0.3) is 5.91 Å². The molecule has 3 aromatic rings. The van der Waals surface area contributed by atoms with E-state index in [1.807, 2.05) is 19.9 Å². The molecule has 2 aromatic carbocycles. The second-order valence-electron chi connectivity index (χ2n) is 8.31. The van der Waals surface area contributed by atoms with Gasteiger partial charge in [-0.2, -0.15) is 13.2 Å². The lowest BCUT2D eigenvalue weighted by atomic mass is 10.1. The Bertz CT molecular complexity index is 1230. The molecule has 2 heterocycles. The number of amides is 2. The van der Waals surface area contributed by atoms with Gasteiger partial charge in [-0.15, -0.1) is 0 Å². The zero-order valence-corrected chi connectivity index (χ0v) is 19.4. The van der Waals surface area contributed by atoms with Crippen molar-refractivity contribution in [2.75, 3.05) is 44.6 Å². The molecule has 1 saturated heterocycles. The first-order valence-electron chi connectivity index (χ1n) is 11.3. The molecule has 10 heteroatoms. The molecule has 0 spiro atoms. The van der Waals surface area contributed by atoms with Gasteiger partial charge in [0.1, 0.15) is 11.3 Å². The smallest absolute Gasteiger partial charge is 0.418 e. The third kappa shape index (κ3) is 5.43. The number of rotatable bonds is 6. The molecule has 1 fully saturated rings. The number of halogens is 3. The number of nitrogens with one attached hydrogen (secondary N) is 1. The fraction of sp³-hybridized carbons (Fsp3) is 0.360. The normalized spacial score (nSPS) is 14.8. The van der Waals surface area contributed by atoms with E-state index in [0.717, 1.165) is 17.0 Å². The first kappa shape index (κ1) is 24.6. The molecule has 186 valence electrons. The third-order valence-corrected chi connectivity index (χ3v) is 5.95. The third-order valence-electron chi connectivity index (χ3n) is 5.95. The summed E-state index contributed by atoms with van der Waals surface area (Å²) in [6.07, 6.45) is -4.56. The summed E-state index contributed by atoms with van der Waals surface area (Å²) in [4.78, 5) is 28.9. The molecule has 2 amide bonds. The fourth-order valence-corrected chi connectivity index (χ4v) is 4.15. The monoisotopic (exact) mass is 489 g/mol. The molecule has 7 nitrogen and oxygen atoms in total. The van der Waals surface area contributed by atoms with Gasteiger partial charge in [-0.05, 0) is 44.2 Å². The van der Waals surface area contributed by atoms with Crippen LogP contribution in [0.1, 0.15) is 28.6 Å². The second-order valence-corrected chi connectivity index (χ2v) is 8.31. The highest BCUT2D eigenvalue weighted by molar-refractivity contribution is 5.99. The molecule has 0 radical (unpaired) electrons. The van der Waals surface area contributed by atoms with Crippen molar-refractivity contribution in [1.82, 2.24) is 9.80 Å². The number of fused-ring (bicyclic) bond motifs is 1. The maximum Gasteiger partial charge on any atom is 0.418 e. The van der Waals surface area contributed by atoms with Crippen molar-refractivity contribution in [3.05, 3.63) is 59.4 Å². The van der Waals surface area contributed by atoms with E-state index in [4.69, 9.17) is 9.15 Å². The Kier molecular flexibility index (Phi) is 7.02. The molecule has 0 aliphatic carbocycles. The minimum absolute atomic E-state index is 0.0713. The summed E-state index contributed by atoms with van der Waals surface area (Å²) in [6, 6.07) is 10.3. The standard InChI is InChI=1S/C25H26F3N3O4/c1-3-34-17-8-9-21-18(14-17)16(2)23(35-21)24(33)31-12-10-30(11-13-31)15-22(32)29-20-7-5-4-6-19(20)25(26,27)28/h4-9,14H,3,10-13,15H2,1-2H3,(H,29,32). The van der Waals surface area contributed by atoms with Crippen LogP contribution in [0.3, 0.4) is 0 Å². The molecular formula is C25H26F3N3O4. The van der Waals surface area contributed by atoms with E-state index in [-0.39, 0.29) is 23.9 Å². The molecule has 0 unspecified atom stereocenters. The van der Waals surface area contributed by atoms with Crippen molar-refractivity contribution in [3.63, 3.8) is 0 Å². The number of furan rings is 1. The van der Waals surface area contributed by atoms with Gasteiger partial charge in [0.2, 0.25) is 5.91 Å². The van der Waals surface area contributed by atoms with E-state index in [0.29, 0.717) is 44.1 Å². The number of nitrogens with zero attached hydrogens (tertiary/aromatic N) is 2. The molecule has 0 bridgehead atoms. The molecule has 0 atom stereocenters. The van der Waals surface area contributed by atoms with Gasteiger partial charge in [-0.3, -0.25) is 14.5 Å². The minimum Gasteiger partial charge on any atom is -0.494 e. The van der Waals surface area contributed by atoms with Crippen LogP contribution >= 0.6 is 0 Å². The number of alkyl halides is 3. The Morgan fingerprint density at radius 1 is 1.09 bits per heavy atom. The number of carbonyl (C=O) groups excluding carboxylic acids is 2. The van der Waals surface area contributed by atoms with Crippen molar-refractivity contribution >= 4 is 28.5 Å². The summed E-state index contributed by atoms with van der Waals surface area (Å²) in [5, 5.41) is 3.17. The lowest BCUT2D eigenvalue weighted by Gasteiger charge is -2.34. The molecule has 4 rings (SSSR count). The van der Waals surface area contributed by atoms with Crippen LogP contribution in [0.5, 0.6) is 5.75 Å². The first-order chi connectivity index (χ1) is 16.7. The van der Waals surface area contributed by atoms with Gasteiger partial charge in [-0.1, -0.05) is 12.1 Å². The van der Waals surface area contributed by atoms with Gasteiger partial charge >= 0.3 is 6.18 Å². The Morgan fingerprint density at radius 2 is 1.80 bits per heavy atom. The Labute approximate surface area is 200 Å². The SMILES string of the molecule is CCOc1ccc2oc(C(=O)N3CCN(CC(=O)Nc4ccccc4C(F)(F)F)CC3)c(C)c2c1. The van der Waals surface area contributed by atoms with Gasteiger partial charge in [0.15, 0.2) is 5.76 Å². The van der Waals surface area contributed by atoms with Gasteiger partial charge in [-0.25, -0.2) is 0 Å². The Hall–Kier alpha value is -3.53. The summed E-state index contributed by atoms with van der Waals surface area (Å²) < 4.78 is 50.8. The number of para-hydroxylation sites is 1. The zero-order valence-electron chi connectivity index (χ0n) is 19.4. The molecule has 0 saturated carbocycles. The van der Waals surface area contributed by atoms with E-state index in [2.05, 4.69) is 5.32 Å². The van der Waals surface area contributed by atoms with Crippen molar-refractivity contribution in [3.8, 4) is 5.75 Å². The highest BCUT2D eigenvalue weighted by Crippen LogP contribution is 2.34. The maximum absolute atomic E-state index is 13.2. The van der Waals surface area contributed by atoms with Gasteiger partial charge in [0, 0.05) is 37.1 Å². The number of benzene rings is 2. The average Bonchev–Trinajstić information content (AvgIpc) is 3.15. The number of aryl methyl sites for hydroxylation is 1. The molecule has 35 heavy (non-hydrogen) atoms. The van der Waals surface area contributed by atoms with Gasteiger partial charge in [0.05, 0.1) is 24.4 Å². The predicted octanol–water partition coefficient (Wildman–Crippen LogP) is 4.56. The van der Waals surface area contributed by atoms with Crippen molar-refractivity contribution in [2.24, 2.45) is 0 Å². The second kappa shape index (κ2) is 9.99. The van der Waals surface area contributed by atoms with Crippen LogP contribution in [0.15, 0.2) is 46.9 Å². The predicted molar refractivity (Wildman–Crippen MR) is 125 cm³/mol. The van der Waals surface area contributed by atoms with Crippen LogP contribution < -0.4 is 10.1 Å². The summed E-state index contributed by atoms with van der Waals surface area (Å²) in [5.41, 5.74) is 0.172. The van der Waals surface area contributed by atoms with Crippen molar-refractivity contribution in [1.29, 1.82) is 0 Å². The van der Waals surface area contributed by atoms with Crippen LogP contribution in [0.4, 0.5) is 18.9 Å². The lowest BCUT2D eigenvalue weighted by molar-refractivity contribution is -0.137. The molecular weight excluding hydrogens is 463 g/mol. The van der Waals surface area contributed by atoms with E-state index in [9.17, 15) is 22.8 Å². The topological polar surface area (TPSA) is 75.0 Å². The number of anilines is 1. The fourth-order valence-electron chi connectivity index (χ4n) is 4.15. The van der Waals surface area contributed by atoms with E-state index >= 15 is 0 Å².